The number of fused-ring (bicyclic) bond motifs is 1. The Labute approximate surface area is 205 Å². The van der Waals surface area contributed by atoms with Gasteiger partial charge >= 0.3 is 12.1 Å². The number of hydrogen-bond acceptors (Lipinski definition) is 6. The third kappa shape index (κ3) is 7.09. The van der Waals surface area contributed by atoms with Gasteiger partial charge in [0.2, 0.25) is 5.09 Å². The number of rotatable bonds is 6. The molecule has 1 aliphatic heterocycles. The lowest BCUT2D eigenvalue weighted by Crippen LogP contribution is -2.39. The van der Waals surface area contributed by atoms with Crippen LogP contribution in [0.1, 0.15) is 28.4 Å². The molecule has 0 spiro atoms. The van der Waals surface area contributed by atoms with Gasteiger partial charge in [0.25, 0.3) is 10.0 Å². The van der Waals surface area contributed by atoms with E-state index in [-0.39, 0.29) is 23.6 Å². The summed E-state index contributed by atoms with van der Waals surface area (Å²) in [5.41, 5.74) is 9.42. The lowest BCUT2D eigenvalue weighted by Gasteiger charge is -2.32. The maximum atomic E-state index is 12.4. The molecule has 0 bridgehead atoms. The summed E-state index contributed by atoms with van der Waals surface area (Å²) in [6.07, 6.45) is -4.28. The zero-order valence-corrected chi connectivity index (χ0v) is 20.0. The molecular formula is C24H25F3N2O6S. The first-order valence-electron chi connectivity index (χ1n) is 10.8. The molecule has 1 aromatic heterocycles. The van der Waals surface area contributed by atoms with Gasteiger partial charge in [0.1, 0.15) is 18.1 Å². The minimum atomic E-state index is -5.08. The van der Waals surface area contributed by atoms with Crippen molar-refractivity contribution in [2.75, 3.05) is 6.61 Å². The van der Waals surface area contributed by atoms with Crippen LogP contribution in [0.25, 0.3) is 0 Å². The standard InChI is InChI=1S/C22H24N2O4S.C2HF3O2/c1-15-7-10-22(28-15)29(25,26)24-13-17-8-9-21-19(12-17)18(20(23)14-27-21)11-16-5-3-2-4-6-16;3-2(4,5)1(6)7/h2-10,12,18,20,24H,11,13-14,23H2,1H3;(H,6,7). The molecule has 0 saturated carbocycles. The van der Waals surface area contributed by atoms with Crippen LogP contribution in [0.4, 0.5) is 13.2 Å². The first-order valence-corrected chi connectivity index (χ1v) is 12.3. The smallest absolute Gasteiger partial charge is 0.490 e. The molecule has 3 aromatic rings. The number of carboxylic acid groups (broad SMARTS) is 1. The summed E-state index contributed by atoms with van der Waals surface area (Å²) in [7, 11) is -3.70. The Morgan fingerprint density at radius 3 is 2.36 bits per heavy atom. The van der Waals surface area contributed by atoms with Crippen LogP contribution in [-0.2, 0) is 27.8 Å². The number of carboxylic acids is 1. The van der Waals surface area contributed by atoms with Crippen LogP contribution in [0.15, 0.2) is 70.2 Å². The number of nitrogens with one attached hydrogen (secondary N) is 1. The Morgan fingerprint density at radius 1 is 1.11 bits per heavy atom. The maximum absolute atomic E-state index is 12.4. The number of aryl methyl sites for hydroxylation is 1. The largest absolute Gasteiger partial charge is 0.492 e. The predicted molar refractivity (Wildman–Crippen MR) is 124 cm³/mol. The fraction of sp³-hybridized carbons (Fsp3) is 0.292. The molecule has 2 atom stereocenters. The minimum absolute atomic E-state index is 0.0831. The average molecular weight is 527 g/mol. The third-order valence-corrected chi connectivity index (χ3v) is 6.68. The van der Waals surface area contributed by atoms with Gasteiger partial charge in [-0.05, 0) is 48.2 Å². The summed E-state index contributed by atoms with van der Waals surface area (Å²) in [5.74, 6) is -1.30. The van der Waals surface area contributed by atoms with Gasteiger partial charge in [0.05, 0.1) is 0 Å². The second kappa shape index (κ2) is 11.1. The van der Waals surface area contributed by atoms with Gasteiger partial charge in [0.15, 0.2) is 0 Å². The Morgan fingerprint density at radius 2 is 1.78 bits per heavy atom. The van der Waals surface area contributed by atoms with Crippen molar-refractivity contribution in [1.29, 1.82) is 0 Å². The van der Waals surface area contributed by atoms with Gasteiger partial charge in [-0.2, -0.15) is 13.2 Å². The third-order valence-electron chi connectivity index (χ3n) is 5.41. The van der Waals surface area contributed by atoms with Gasteiger partial charge in [-0.3, -0.25) is 0 Å². The number of alkyl halides is 3. The van der Waals surface area contributed by atoms with E-state index in [1.54, 1.807) is 13.0 Å². The van der Waals surface area contributed by atoms with E-state index in [0.29, 0.717) is 12.4 Å². The first-order chi connectivity index (χ1) is 16.9. The van der Waals surface area contributed by atoms with E-state index in [9.17, 15) is 21.6 Å². The molecule has 2 aromatic carbocycles. The Bertz CT molecular complexity index is 1290. The van der Waals surface area contributed by atoms with Crippen molar-refractivity contribution < 1.29 is 40.6 Å². The molecule has 0 aliphatic carbocycles. The molecule has 4 N–H and O–H groups in total. The second-order valence-electron chi connectivity index (χ2n) is 8.14. The van der Waals surface area contributed by atoms with Crippen LogP contribution in [0.5, 0.6) is 5.75 Å². The first kappa shape index (κ1) is 27.2. The topological polar surface area (TPSA) is 132 Å². The van der Waals surface area contributed by atoms with Crippen molar-refractivity contribution in [1.82, 2.24) is 4.72 Å². The molecular weight excluding hydrogens is 501 g/mol. The molecule has 4 rings (SSSR count). The highest BCUT2D eigenvalue weighted by Crippen LogP contribution is 2.36. The van der Waals surface area contributed by atoms with E-state index in [2.05, 4.69) is 16.9 Å². The molecule has 0 fully saturated rings. The Kier molecular flexibility index (Phi) is 8.43. The molecule has 0 amide bonds. The monoisotopic (exact) mass is 526 g/mol. The Hall–Kier alpha value is -3.35. The van der Waals surface area contributed by atoms with Crippen LogP contribution >= 0.6 is 0 Å². The zero-order valence-electron chi connectivity index (χ0n) is 19.2. The lowest BCUT2D eigenvalue weighted by atomic mass is 9.84. The highest BCUT2D eigenvalue weighted by Gasteiger charge is 2.38. The van der Waals surface area contributed by atoms with Crippen molar-refractivity contribution in [3.63, 3.8) is 0 Å². The van der Waals surface area contributed by atoms with Gasteiger partial charge in [0, 0.05) is 18.5 Å². The van der Waals surface area contributed by atoms with E-state index in [0.717, 1.165) is 23.3 Å². The van der Waals surface area contributed by atoms with Crippen molar-refractivity contribution in [2.45, 2.75) is 43.1 Å². The molecule has 1 aliphatic rings. The molecule has 0 saturated heterocycles. The van der Waals surface area contributed by atoms with Crippen LogP contribution in [-0.4, -0.2) is 38.3 Å². The quantitative estimate of drug-likeness (QED) is 0.446. The molecule has 194 valence electrons. The lowest BCUT2D eigenvalue weighted by molar-refractivity contribution is -0.192. The number of nitrogens with two attached hydrogens (primary N) is 1. The van der Waals surface area contributed by atoms with Gasteiger partial charge < -0.3 is 20.0 Å². The maximum Gasteiger partial charge on any atom is 0.490 e. The number of benzene rings is 2. The van der Waals surface area contributed by atoms with Crippen LogP contribution in [0, 0.1) is 6.92 Å². The summed E-state index contributed by atoms with van der Waals surface area (Å²) in [4.78, 5) is 8.90. The number of carbonyl (C=O) groups is 1. The van der Waals surface area contributed by atoms with Crippen molar-refractivity contribution in [2.24, 2.45) is 5.73 Å². The van der Waals surface area contributed by atoms with Crippen LogP contribution in [0.2, 0.25) is 0 Å². The summed E-state index contributed by atoms with van der Waals surface area (Å²) in [6.45, 7) is 2.33. The fourth-order valence-electron chi connectivity index (χ4n) is 3.60. The predicted octanol–water partition coefficient (Wildman–Crippen LogP) is 3.75. The average Bonchev–Trinajstić information content (AvgIpc) is 3.27. The van der Waals surface area contributed by atoms with Crippen molar-refractivity contribution in [3.8, 4) is 5.75 Å². The number of halogens is 3. The summed E-state index contributed by atoms with van der Waals surface area (Å²) < 4.78 is 70.2. The molecule has 8 nitrogen and oxygen atoms in total. The summed E-state index contributed by atoms with van der Waals surface area (Å²) in [6, 6.07) is 18.9. The number of ether oxygens (including phenoxy) is 1. The number of aliphatic carboxylic acids is 1. The molecule has 36 heavy (non-hydrogen) atoms. The molecule has 2 unspecified atom stereocenters. The molecule has 0 radical (unpaired) electrons. The van der Waals surface area contributed by atoms with E-state index < -0.39 is 22.2 Å². The molecule has 2 heterocycles. The number of sulfonamides is 1. The zero-order chi connectivity index (χ0) is 26.5. The fourth-order valence-corrected chi connectivity index (χ4v) is 4.58. The Balaban J connectivity index is 0.000000454. The molecule has 12 heteroatoms. The van der Waals surface area contributed by atoms with E-state index in [4.69, 9.17) is 24.8 Å². The SMILES string of the molecule is Cc1ccc(S(=O)(=O)NCc2ccc3c(c2)C(Cc2ccccc2)C(N)CO3)o1.O=C(O)C(F)(F)F. The highest BCUT2D eigenvalue weighted by atomic mass is 32.2. The summed E-state index contributed by atoms with van der Waals surface area (Å²) >= 11 is 0. The number of hydrogen-bond donors (Lipinski definition) is 3. The second-order valence-corrected chi connectivity index (χ2v) is 9.83. The van der Waals surface area contributed by atoms with E-state index in [1.165, 1.54) is 11.6 Å². The van der Waals surface area contributed by atoms with Crippen molar-refractivity contribution in [3.05, 3.63) is 83.1 Å². The van der Waals surface area contributed by atoms with E-state index >= 15 is 0 Å². The minimum Gasteiger partial charge on any atom is -0.492 e. The van der Waals surface area contributed by atoms with Gasteiger partial charge in [-0.25, -0.2) is 17.9 Å². The van der Waals surface area contributed by atoms with Crippen LogP contribution < -0.4 is 15.2 Å². The van der Waals surface area contributed by atoms with E-state index in [1.807, 2.05) is 36.4 Å². The number of furan rings is 1. The van der Waals surface area contributed by atoms with Crippen LogP contribution in [0.3, 0.4) is 0 Å². The van der Waals surface area contributed by atoms with Gasteiger partial charge in [-0.1, -0.05) is 42.5 Å². The van der Waals surface area contributed by atoms with Crippen molar-refractivity contribution >= 4 is 16.0 Å². The normalized spacial score (nSPS) is 17.4. The highest BCUT2D eigenvalue weighted by molar-refractivity contribution is 7.89. The van der Waals surface area contributed by atoms with Gasteiger partial charge in [-0.15, -0.1) is 0 Å². The summed E-state index contributed by atoms with van der Waals surface area (Å²) in [5, 5.41) is 7.04.